The van der Waals surface area contributed by atoms with E-state index in [4.69, 9.17) is 0 Å². The molecule has 0 N–H and O–H groups in total. The highest BCUT2D eigenvalue weighted by molar-refractivity contribution is 9.11. The lowest BCUT2D eigenvalue weighted by Crippen LogP contribution is -2.28. The van der Waals surface area contributed by atoms with Crippen LogP contribution in [0, 0.1) is 0 Å². The third-order valence-electron chi connectivity index (χ3n) is 3.08. The molecule has 1 atom stereocenters. The lowest BCUT2D eigenvalue weighted by atomic mass is 10.3. The molecule has 6 nitrogen and oxygen atoms in total. The second-order valence-electron chi connectivity index (χ2n) is 4.25. The Labute approximate surface area is 123 Å². The molecule has 0 aliphatic carbocycles. The van der Waals surface area contributed by atoms with Crippen LogP contribution in [0.3, 0.4) is 0 Å². The maximum Gasteiger partial charge on any atom is 0.252 e. The molecule has 2 aromatic heterocycles. The molecule has 102 valence electrons. The lowest BCUT2D eigenvalue weighted by Gasteiger charge is -2.15. The van der Waals surface area contributed by atoms with Crippen molar-refractivity contribution in [2.24, 2.45) is 0 Å². The number of nitrogens with zero attached hydrogens (tertiary/aromatic N) is 4. The van der Waals surface area contributed by atoms with Gasteiger partial charge in [-0.2, -0.15) is 4.31 Å². The fraction of sp³-hybridized carbons (Fsp3) is 0.400. The van der Waals surface area contributed by atoms with Crippen molar-refractivity contribution in [2.75, 3.05) is 13.1 Å². The molecule has 1 unspecified atom stereocenters. The highest BCUT2D eigenvalue weighted by Gasteiger charge is 2.34. The minimum absolute atomic E-state index is 0.0701. The quantitative estimate of drug-likeness (QED) is 0.833. The van der Waals surface area contributed by atoms with Gasteiger partial charge in [0.05, 0.1) is 16.0 Å². The summed E-state index contributed by atoms with van der Waals surface area (Å²) < 4.78 is 29.3. The Morgan fingerprint density at radius 3 is 2.89 bits per heavy atom. The lowest BCUT2D eigenvalue weighted by molar-refractivity contribution is 0.429. The Bertz CT molecular complexity index is 668. The van der Waals surface area contributed by atoms with E-state index in [1.165, 1.54) is 15.6 Å². The molecule has 3 heterocycles. The number of halogens is 1. The van der Waals surface area contributed by atoms with Gasteiger partial charge in [0.25, 0.3) is 10.0 Å². The number of aromatic nitrogens is 3. The van der Waals surface area contributed by atoms with Crippen LogP contribution in [0.25, 0.3) is 0 Å². The first-order valence-corrected chi connectivity index (χ1v) is 8.73. The Balaban J connectivity index is 1.81. The summed E-state index contributed by atoms with van der Waals surface area (Å²) in [5.74, 6) is 0. The molecule has 9 heteroatoms. The maximum absolute atomic E-state index is 12.4. The van der Waals surface area contributed by atoms with E-state index >= 15 is 0 Å². The van der Waals surface area contributed by atoms with Gasteiger partial charge in [0.2, 0.25) is 0 Å². The minimum atomic E-state index is -3.38. The van der Waals surface area contributed by atoms with Crippen LogP contribution in [0.2, 0.25) is 0 Å². The zero-order valence-electron chi connectivity index (χ0n) is 9.81. The summed E-state index contributed by atoms with van der Waals surface area (Å²) in [4.78, 5) is 0. The van der Waals surface area contributed by atoms with Crippen molar-refractivity contribution in [3.63, 3.8) is 0 Å². The summed E-state index contributed by atoms with van der Waals surface area (Å²) >= 11 is 4.52. The van der Waals surface area contributed by atoms with Crippen LogP contribution in [0.4, 0.5) is 0 Å². The van der Waals surface area contributed by atoms with Crippen molar-refractivity contribution in [3.8, 4) is 0 Å². The molecule has 0 spiro atoms. The first-order valence-electron chi connectivity index (χ1n) is 5.68. The van der Waals surface area contributed by atoms with Crippen molar-refractivity contribution in [2.45, 2.75) is 16.7 Å². The van der Waals surface area contributed by atoms with Crippen molar-refractivity contribution in [3.05, 3.63) is 28.3 Å². The predicted molar refractivity (Wildman–Crippen MR) is 74.5 cm³/mol. The third kappa shape index (κ3) is 2.47. The van der Waals surface area contributed by atoms with Crippen molar-refractivity contribution >= 4 is 37.3 Å². The van der Waals surface area contributed by atoms with E-state index in [0.717, 1.165) is 10.2 Å². The third-order valence-corrected chi connectivity index (χ3v) is 7.04. The first kappa shape index (κ1) is 13.2. The Morgan fingerprint density at radius 1 is 1.42 bits per heavy atom. The summed E-state index contributed by atoms with van der Waals surface area (Å²) in [6, 6.07) is 3.45. The van der Waals surface area contributed by atoms with Gasteiger partial charge in [-0.25, -0.2) is 13.1 Å². The fourth-order valence-corrected chi connectivity index (χ4v) is 5.78. The summed E-state index contributed by atoms with van der Waals surface area (Å²) in [6.45, 7) is 0.962. The molecule has 0 bridgehead atoms. The smallest absolute Gasteiger partial charge is 0.248 e. The van der Waals surface area contributed by atoms with Crippen LogP contribution >= 0.6 is 27.3 Å². The van der Waals surface area contributed by atoms with Gasteiger partial charge in [0.15, 0.2) is 0 Å². The zero-order valence-corrected chi connectivity index (χ0v) is 13.0. The van der Waals surface area contributed by atoms with E-state index in [1.54, 1.807) is 29.2 Å². The number of sulfonamides is 1. The van der Waals surface area contributed by atoms with Gasteiger partial charge in [0, 0.05) is 19.3 Å². The van der Waals surface area contributed by atoms with Crippen LogP contribution in [-0.2, 0) is 10.0 Å². The molecule has 1 saturated heterocycles. The molecule has 1 aliphatic rings. The van der Waals surface area contributed by atoms with Crippen LogP contribution in [-0.4, -0.2) is 40.8 Å². The number of rotatable bonds is 3. The summed E-state index contributed by atoms with van der Waals surface area (Å²) in [5.41, 5.74) is 0. The molecule has 1 fully saturated rings. The average molecular weight is 363 g/mol. The molecule has 3 rings (SSSR count). The van der Waals surface area contributed by atoms with Crippen LogP contribution < -0.4 is 0 Å². The molecule has 0 aromatic carbocycles. The second kappa shape index (κ2) is 4.97. The molecule has 0 amide bonds. The maximum atomic E-state index is 12.4. The van der Waals surface area contributed by atoms with E-state index in [2.05, 4.69) is 26.2 Å². The SMILES string of the molecule is O=S(=O)(c1ccc(Br)s1)N1CCC(n2ccnn2)C1. The van der Waals surface area contributed by atoms with Gasteiger partial charge < -0.3 is 0 Å². The van der Waals surface area contributed by atoms with Crippen molar-refractivity contribution in [1.82, 2.24) is 19.3 Å². The topological polar surface area (TPSA) is 68.1 Å². The van der Waals surface area contributed by atoms with Crippen molar-refractivity contribution < 1.29 is 8.42 Å². The largest absolute Gasteiger partial charge is 0.252 e. The number of thiophene rings is 1. The van der Waals surface area contributed by atoms with E-state index in [0.29, 0.717) is 17.3 Å². The van der Waals surface area contributed by atoms with Gasteiger partial charge in [-0.1, -0.05) is 5.21 Å². The minimum Gasteiger partial charge on any atom is -0.248 e. The molecule has 1 aliphatic heterocycles. The molecular formula is C10H11BrN4O2S2. The molecule has 19 heavy (non-hydrogen) atoms. The molecular weight excluding hydrogens is 352 g/mol. The summed E-state index contributed by atoms with van der Waals surface area (Å²) in [6.07, 6.45) is 4.13. The highest BCUT2D eigenvalue weighted by atomic mass is 79.9. The molecule has 2 aromatic rings. The highest BCUT2D eigenvalue weighted by Crippen LogP contribution is 2.32. The second-order valence-corrected chi connectivity index (χ2v) is 8.87. The molecule has 0 radical (unpaired) electrons. The van der Waals surface area contributed by atoms with Crippen LogP contribution in [0.1, 0.15) is 12.5 Å². The fourth-order valence-electron chi connectivity index (χ4n) is 2.12. The van der Waals surface area contributed by atoms with Crippen molar-refractivity contribution in [1.29, 1.82) is 0 Å². The monoisotopic (exact) mass is 362 g/mol. The number of hydrogen-bond acceptors (Lipinski definition) is 5. The van der Waals surface area contributed by atoms with E-state index in [1.807, 2.05) is 0 Å². The van der Waals surface area contributed by atoms with Gasteiger partial charge in [-0.3, -0.25) is 0 Å². The van der Waals surface area contributed by atoms with E-state index in [9.17, 15) is 8.42 Å². The average Bonchev–Trinajstić information content (AvgIpc) is 3.10. The number of hydrogen-bond donors (Lipinski definition) is 0. The Morgan fingerprint density at radius 2 is 2.26 bits per heavy atom. The Hall–Kier alpha value is -0.770. The standard InChI is InChI=1S/C10H11BrN4O2S2/c11-9-1-2-10(18-9)19(16,17)14-5-3-8(7-14)15-6-4-12-13-15/h1-2,4,6,8H,3,5,7H2. The van der Waals surface area contributed by atoms with Crippen LogP contribution in [0.15, 0.2) is 32.5 Å². The Kier molecular flexibility index (Phi) is 3.46. The normalized spacial score (nSPS) is 21.0. The van der Waals surface area contributed by atoms with Crippen LogP contribution in [0.5, 0.6) is 0 Å². The zero-order chi connectivity index (χ0) is 13.5. The van der Waals surface area contributed by atoms with Gasteiger partial charge >= 0.3 is 0 Å². The first-order chi connectivity index (χ1) is 9.07. The van der Waals surface area contributed by atoms with Gasteiger partial charge in [-0.15, -0.1) is 16.4 Å². The van der Waals surface area contributed by atoms with Gasteiger partial charge in [-0.05, 0) is 34.5 Å². The van der Waals surface area contributed by atoms with E-state index < -0.39 is 10.0 Å². The summed E-state index contributed by atoms with van der Waals surface area (Å²) in [7, 11) is -3.38. The van der Waals surface area contributed by atoms with Gasteiger partial charge in [0.1, 0.15) is 4.21 Å². The summed E-state index contributed by atoms with van der Waals surface area (Å²) in [5, 5.41) is 7.69. The predicted octanol–water partition coefficient (Wildman–Crippen LogP) is 1.74. The molecule has 0 saturated carbocycles. The van der Waals surface area contributed by atoms with E-state index in [-0.39, 0.29) is 6.04 Å².